The van der Waals surface area contributed by atoms with Gasteiger partial charge in [0.25, 0.3) is 5.91 Å². The van der Waals surface area contributed by atoms with Crippen LogP contribution in [-0.4, -0.2) is 45.7 Å². The number of hydrogen-bond donors (Lipinski definition) is 1. The SMILES string of the molecule is O=C(NCC1CCN(Cc2ccc3nonc3c2)C1)c1ccccn1. The van der Waals surface area contributed by atoms with Crippen molar-refractivity contribution >= 4 is 16.9 Å². The first-order valence-corrected chi connectivity index (χ1v) is 8.41. The number of amides is 1. The second-order valence-corrected chi connectivity index (χ2v) is 6.40. The van der Waals surface area contributed by atoms with Crippen molar-refractivity contribution in [2.24, 2.45) is 5.92 Å². The molecular formula is C18H19N5O2. The fourth-order valence-corrected chi connectivity index (χ4v) is 3.23. The molecule has 1 aromatic carbocycles. The molecule has 2 aromatic heterocycles. The molecule has 3 heterocycles. The molecule has 0 saturated carbocycles. The van der Waals surface area contributed by atoms with Gasteiger partial charge in [-0.3, -0.25) is 14.7 Å². The number of carbonyl (C=O) groups excluding carboxylic acids is 1. The van der Waals surface area contributed by atoms with Crippen molar-refractivity contribution in [3.8, 4) is 0 Å². The van der Waals surface area contributed by atoms with Crippen LogP contribution in [0.4, 0.5) is 0 Å². The second-order valence-electron chi connectivity index (χ2n) is 6.40. The molecule has 7 nitrogen and oxygen atoms in total. The summed E-state index contributed by atoms with van der Waals surface area (Å²) >= 11 is 0. The number of hydrogen-bond acceptors (Lipinski definition) is 6. The van der Waals surface area contributed by atoms with Crippen molar-refractivity contribution in [1.29, 1.82) is 0 Å². The molecule has 0 aliphatic carbocycles. The molecule has 1 amide bonds. The number of nitrogens with zero attached hydrogens (tertiary/aromatic N) is 4. The number of nitrogens with one attached hydrogen (secondary N) is 1. The van der Waals surface area contributed by atoms with Crippen LogP contribution in [0.3, 0.4) is 0 Å². The first-order chi connectivity index (χ1) is 12.3. The lowest BCUT2D eigenvalue weighted by atomic mass is 10.1. The Labute approximate surface area is 145 Å². The first kappa shape index (κ1) is 15.7. The monoisotopic (exact) mass is 337 g/mol. The van der Waals surface area contributed by atoms with Gasteiger partial charge in [-0.05, 0) is 59.0 Å². The maximum atomic E-state index is 12.1. The Morgan fingerprint density at radius 2 is 2.16 bits per heavy atom. The molecule has 1 N–H and O–H groups in total. The van der Waals surface area contributed by atoms with Gasteiger partial charge in [-0.25, -0.2) is 4.63 Å². The smallest absolute Gasteiger partial charge is 0.269 e. The standard InChI is InChI=1S/C18H19N5O2/c24-18(16-3-1-2-7-19-16)20-10-14-6-8-23(12-14)11-13-4-5-15-17(9-13)22-25-21-15/h1-5,7,9,14H,6,8,10-12H2,(H,20,24). The molecule has 1 atom stereocenters. The highest BCUT2D eigenvalue weighted by molar-refractivity contribution is 5.92. The zero-order valence-corrected chi connectivity index (χ0v) is 13.8. The van der Waals surface area contributed by atoms with Gasteiger partial charge in [0.15, 0.2) is 0 Å². The average Bonchev–Trinajstić information content (AvgIpc) is 3.29. The third kappa shape index (κ3) is 3.66. The van der Waals surface area contributed by atoms with Crippen LogP contribution >= 0.6 is 0 Å². The number of carbonyl (C=O) groups is 1. The van der Waals surface area contributed by atoms with Crippen LogP contribution in [-0.2, 0) is 6.54 Å². The van der Waals surface area contributed by atoms with Crippen molar-refractivity contribution in [2.45, 2.75) is 13.0 Å². The molecule has 0 radical (unpaired) electrons. The summed E-state index contributed by atoms with van der Waals surface area (Å²) in [6.45, 7) is 3.54. The van der Waals surface area contributed by atoms with Crippen molar-refractivity contribution in [3.63, 3.8) is 0 Å². The van der Waals surface area contributed by atoms with E-state index in [9.17, 15) is 4.79 Å². The molecule has 1 saturated heterocycles. The number of likely N-dealkylation sites (tertiary alicyclic amines) is 1. The van der Waals surface area contributed by atoms with Gasteiger partial charge in [0.1, 0.15) is 16.7 Å². The quantitative estimate of drug-likeness (QED) is 0.765. The summed E-state index contributed by atoms with van der Waals surface area (Å²) < 4.78 is 4.74. The van der Waals surface area contributed by atoms with Crippen LogP contribution in [0.25, 0.3) is 11.0 Å². The topological polar surface area (TPSA) is 84.2 Å². The minimum absolute atomic E-state index is 0.108. The van der Waals surface area contributed by atoms with Crippen molar-refractivity contribution < 1.29 is 9.42 Å². The summed E-state index contributed by atoms with van der Waals surface area (Å²) in [5.74, 6) is 0.355. The summed E-state index contributed by atoms with van der Waals surface area (Å²) in [6.07, 6.45) is 2.71. The van der Waals surface area contributed by atoms with E-state index in [1.807, 2.05) is 18.2 Å². The number of aromatic nitrogens is 3. The highest BCUT2D eigenvalue weighted by atomic mass is 16.6. The molecule has 7 heteroatoms. The van der Waals surface area contributed by atoms with E-state index in [0.29, 0.717) is 18.2 Å². The van der Waals surface area contributed by atoms with E-state index >= 15 is 0 Å². The van der Waals surface area contributed by atoms with Crippen LogP contribution in [0.15, 0.2) is 47.2 Å². The molecule has 1 aliphatic heterocycles. The molecule has 0 bridgehead atoms. The van der Waals surface area contributed by atoms with Gasteiger partial charge in [0.2, 0.25) is 0 Å². The summed E-state index contributed by atoms with van der Waals surface area (Å²) in [5, 5.41) is 10.7. The largest absolute Gasteiger partial charge is 0.350 e. The normalized spacial score (nSPS) is 17.8. The lowest BCUT2D eigenvalue weighted by Crippen LogP contribution is -2.31. The van der Waals surface area contributed by atoms with Gasteiger partial charge in [-0.2, -0.15) is 0 Å². The van der Waals surface area contributed by atoms with Gasteiger partial charge in [-0.1, -0.05) is 12.1 Å². The van der Waals surface area contributed by atoms with Crippen LogP contribution in [0.1, 0.15) is 22.5 Å². The van der Waals surface area contributed by atoms with Crippen molar-refractivity contribution in [1.82, 2.24) is 25.5 Å². The number of benzene rings is 1. The van der Waals surface area contributed by atoms with E-state index in [0.717, 1.165) is 37.1 Å². The van der Waals surface area contributed by atoms with Gasteiger partial charge in [0, 0.05) is 25.8 Å². The molecular weight excluding hydrogens is 318 g/mol. The van der Waals surface area contributed by atoms with Gasteiger partial charge < -0.3 is 5.32 Å². The summed E-state index contributed by atoms with van der Waals surface area (Å²) in [4.78, 5) is 18.5. The van der Waals surface area contributed by atoms with Crippen molar-refractivity contribution in [3.05, 3.63) is 53.9 Å². The third-order valence-corrected chi connectivity index (χ3v) is 4.54. The van der Waals surface area contributed by atoms with E-state index in [1.54, 1.807) is 18.3 Å². The molecule has 128 valence electrons. The molecule has 1 unspecified atom stereocenters. The van der Waals surface area contributed by atoms with Gasteiger partial charge in [0.05, 0.1) is 0 Å². The van der Waals surface area contributed by atoms with E-state index in [2.05, 4.69) is 31.6 Å². The average molecular weight is 337 g/mol. The highest BCUT2D eigenvalue weighted by Gasteiger charge is 2.23. The summed E-state index contributed by atoms with van der Waals surface area (Å²) in [5.41, 5.74) is 3.23. The molecule has 4 rings (SSSR count). The predicted molar refractivity (Wildman–Crippen MR) is 91.8 cm³/mol. The molecule has 0 spiro atoms. The number of rotatable bonds is 5. The molecule has 1 aliphatic rings. The second kappa shape index (κ2) is 6.98. The maximum absolute atomic E-state index is 12.1. The lowest BCUT2D eigenvalue weighted by Gasteiger charge is -2.16. The van der Waals surface area contributed by atoms with Gasteiger partial charge >= 0.3 is 0 Å². The fraction of sp³-hybridized carbons (Fsp3) is 0.333. The zero-order chi connectivity index (χ0) is 17.1. The Morgan fingerprint density at radius 1 is 1.24 bits per heavy atom. The van der Waals surface area contributed by atoms with Gasteiger partial charge in [-0.15, -0.1) is 0 Å². The van der Waals surface area contributed by atoms with Crippen LogP contribution in [0.2, 0.25) is 0 Å². The van der Waals surface area contributed by atoms with Crippen LogP contribution < -0.4 is 5.32 Å². The van der Waals surface area contributed by atoms with E-state index in [1.165, 1.54) is 5.56 Å². The van der Waals surface area contributed by atoms with Crippen molar-refractivity contribution in [2.75, 3.05) is 19.6 Å². The van der Waals surface area contributed by atoms with Crippen LogP contribution in [0.5, 0.6) is 0 Å². The van der Waals surface area contributed by atoms with E-state index < -0.39 is 0 Å². The molecule has 25 heavy (non-hydrogen) atoms. The highest BCUT2D eigenvalue weighted by Crippen LogP contribution is 2.20. The molecule has 1 fully saturated rings. The van der Waals surface area contributed by atoms with E-state index in [4.69, 9.17) is 4.63 Å². The Balaban J connectivity index is 1.28. The van der Waals surface area contributed by atoms with E-state index in [-0.39, 0.29) is 5.91 Å². The number of fused-ring (bicyclic) bond motifs is 1. The minimum Gasteiger partial charge on any atom is -0.350 e. The Kier molecular flexibility index (Phi) is 4.39. The Morgan fingerprint density at radius 3 is 3.04 bits per heavy atom. The summed E-state index contributed by atoms with van der Waals surface area (Å²) in [7, 11) is 0. The molecule has 3 aromatic rings. The first-order valence-electron chi connectivity index (χ1n) is 8.41. The number of pyridine rings is 1. The zero-order valence-electron chi connectivity index (χ0n) is 13.8. The van der Waals surface area contributed by atoms with Crippen LogP contribution in [0, 0.1) is 5.92 Å². The predicted octanol–water partition coefficient (Wildman–Crippen LogP) is 1.87. The Hall–Kier alpha value is -2.80. The third-order valence-electron chi connectivity index (χ3n) is 4.54. The maximum Gasteiger partial charge on any atom is 0.269 e. The Bertz CT molecular complexity index is 864. The lowest BCUT2D eigenvalue weighted by molar-refractivity contribution is 0.0942. The fourth-order valence-electron chi connectivity index (χ4n) is 3.23. The summed E-state index contributed by atoms with van der Waals surface area (Å²) in [6, 6.07) is 11.4. The minimum atomic E-state index is -0.108.